The summed E-state index contributed by atoms with van der Waals surface area (Å²) in [6.07, 6.45) is 1.96. The van der Waals surface area contributed by atoms with Crippen molar-refractivity contribution in [2.45, 2.75) is 39.7 Å². The fraction of sp³-hybridized carbons (Fsp3) is 0.615. The lowest BCUT2D eigenvalue weighted by Crippen LogP contribution is -2.19. The first-order valence-electron chi connectivity index (χ1n) is 5.66. The lowest BCUT2D eigenvalue weighted by Gasteiger charge is -2.18. The van der Waals surface area contributed by atoms with Crippen LogP contribution in [0.1, 0.15) is 37.9 Å². The second-order valence-corrected chi connectivity index (χ2v) is 4.40. The molecule has 0 aromatic carbocycles. The number of pyridine rings is 1. The van der Waals surface area contributed by atoms with Gasteiger partial charge in [-0.15, -0.1) is 0 Å². The number of ether oxygens (including phenoxy) is 2. The van der Waals surface area contributed by atoms with E-state index in [0.29, 0.717) is 12.5 Å². The topological polar surface area (TPSA) is 31.4 Å². The minimum absolute atomic E-state index is 0.0595. The Kier molecular flexibility index (Phi) is 4.74. The molecule has 0 aliphatic rings. The lowest BCUT2D eigenvalue weighted by atomic mass is 10.0. The van der Waals surface area contributed by atoms with Crippen LogP contribution in [-0.4, -0.2) is 24.8 Å². The molecular formula is C13H21NO2. The van der Waals surface area contributed by atoms with Gasteiger partial charge in [0, 0.05) is 30.6 Å². The minimum Gasteiger partial charge on any atom is -0.488 e. The van der Waals surface area contributed by atoms with E-state index in [2.05, 4.69) is 18.8 Å². The maximum atomic E-state index is 5.86. The van der Waals surface area contributed by atoms with E-state index >= 15 is 0 Å². The molecule has 3 nitrogen and oxygen atoms in total. The van der Waals surface area contributed by atoms with Crippen LogP contribution in [0.5, 0.6) is 5.75 Å². The molecule has 0 aliphatic carbocycles. The number of hydrogen-bond donors (Lipinski definition) is 0. The van der Waals surface area contributed by atoms with E-state index < -0.39 is 0 Å². The Labute approximate surface area is 97.8 Å². The van der Waals surface area contributed by atoms with Gasteiger partial charge in [0.05, 0.1) is 6.61 Å². The number of methoxy groups -OCH3 is 1. The predicted octanol–water partition coefficient (Wildman–Crippen LogP) is 2.93. The van der Waals surface area contributed by atoms with Crippen molar-refractivity contribution >= 4 is 0 Å². The van der Waals surface area contributed by atoms with Crippen LogP contribution in [0.15, 0.2) is 12.3 Å². The highest BCUT2D eigenvalue weighted by atomic mass is 16.5. The molecule has 90 valence electrons. The third kappa shape index (κ3) is 3.49. The number of aryl methyl sites for hydroxylation is 1. The van der Waals surface area contributed by atoms with Gasteiger partial charge in [-0.2, -0.15) is 0 Å². The average molecular weight is 223 g/mol. The summed E-state index contributed by atoms with van der Waals surface area (Å²) >= 11 is 0. The monoisotopic (exact) mass is 223 g/mol. The normalized spacial score (nSPS) is 12.9. The number of aromatic nitrogens is 1. The molecule has 0 spiro atoms. The predicted molar refractivity (Wildman–Crippen MR) is 65.0 cm³/mol. The molecule has 0 radical (unpaired) electrons. The van der Waals surface area contributed by atoms with Crippen molar-refractivity contribution in [3.05, 3.63) is 23.5 Å². The van der Waals surface area contributed by atoms with Gasteiger partial charge in [0.2, 0.25) is 0 Å². The van der Waals surface area contributed by atoms with Gasteiger partial charge in [0.15, 0.2) is 0 Å². The Balaban J connectivity index is 2.87. The Bertz CT molecular complexity index is 337. The highest BCUT2D eigenvalue weighted by molar-refractivity contribution is 5.35. The molecule has 1 aromatic rings. The van der Waals surface area contributed by atoms with Gasteiger partial charge >= 0.3 is 0 Å². The number of rotatable bonds is 5. The number of nitrogens with zero attached hydrogens (tertiary/aromatic N) is 1. The Morgan fingerprint density at radius 2 is 2.00 bits per heavy atom. The summed E-state index contributed by atoms with van der Waals surface area (Å²) < 4.78 is 10.9. The van der Waals surface area contributed by atoms with E-state index in [9.17, 15) is 0 Å². The molecule has 0 bridgehead atoms. The van der Waals surface area contributed by atoms with Crippen LogP contribution in [0.4, 0.5) is 0 Å². The Morgan fingerprint density at radius 3 is 2.56 bits per heavy atom. The molecule has 1 atom stereocenters. The Hall–Kier alpha value is -1.09. The van der Waals surface area contributed by atoms with Crippen LogP contribution in [0.2, 0.25) is 0 Å². The molecule has 1 rings (SSSR count). The van der Waals surface area contributed by atoms with Crippen molar-refractivity contribution in [2.24, 2.45) is 0 Å². The van der Waals surface area contributed by atoms with Crippen LogP contribution in [0.3, 0.4) is 0 Å². The molecule has 0 amide bonds. The van der Waals surface area contributed by atoms with Crippen LogP contribution in [0.25, 0.3) is 0 Å². The van der Waals surface area contributed by atoms with Crippen molar-refractivity contribution in [3.63, 3.8) is 0 Å². The smallest absolute Gasteiger partial charge is 0.126 e. The lowest BCUT2D eigenvalue weighted by molar-refractivity contribution is 0.0911. The summed E-state index contributed by atoms with van der Waals surface area (Å²) in [5.41, 5.74) is 2.12. The van der Waals surface area contributed by atoms with Crippen LogP contribution < -0.4 is 4.74 Å². The highest BCUT2D eigenvalue weighted by Crippen LogP contribution is 2.26. The summed E-state index contributed by atoms with van der Waals surface area (Å²) in [6.45, 7) is 8.85. The molecule has 0 aliphatic heterocycles. The molecule has 0 saturated carbocycles. The quantitative estimate of drug-likeness (QED) is 0.769. The van der Waals surface area contributed by atoms with Crippen LogP contribution >= 0.6 is 0 Å². The second-order valence-electron chi connectivity index (χ2n) is 4.40. The largest absolute Gasteiger partial charge is 0.488 e. The van der Waals surface area contributed by atoms with Gasteiger partial charge < -0.3 is 9.47 Å². The van der Waals surface area contributed by atoms with E-state index in [-0.39, 0.29) is 6.10 Å². The highest BCUT2D eigenvalue weighted by Gasteiger charge is 2.11. The zero-order valence-corrected chi connectivity index (χ0v) is 10.8. The summed E-state index contributed by atoms with van der Waals surface area (Å²) in [5, 5.41) is 0. The maximum Gasteiger partial charge on any atom is 0.126 e. The van der Waals surface area contributed by atoms with Crippen molar-refractivity contribution in [2.75, 3.05) is 13.7 Å². The molecule has 1 aromatic heterocycles. The standard InChI is InChI=1S/C13H21NO2/c1-9(2)12-7-14-10(3)6-13(12)16-11(4)8-15-5/h6-7,9,11H,8H2,1-5H3. The summed E-state index contributed by atoms with van der Waals surface area (Å²) in [7, 11) is 1.68. The van der Waals surface area contributed by atoms with E-state index in [1.54, 1.807) is 7.11 Å². The van der Waals surface area contributed by atoms with E-state index in [0.717, 1.165) is 17.0 Å². The molecule has 1 heterocycles. The van der Waals surface area contributed by atoms with Gasteiger partial charge in [-0.25, -0.2) is 0 Å². The van der Waals surface area contributed by atoms with Gasteiger partial charge in [0.25, 0.3) is 0 Å². The van der Waals surface area contributed by atoms with Crippen molar-refractivity contribution in [1.82, 2.24) is 4.98 Å². The van der Waals surface area contributed by atoms with E-state index in [1.165, 1.54) is 0 Å². The number of hydrogen-bond acceptors (Lipinski definition) is 3. The average Bonchev–Trinajstić information content (AvgIpc) is 2.17. The zero-order chi connectivity index (χ0) is 12.1. The molecule has 3 heteroatoms. The Morgan fingerprint density at radius 1 is 1.31 bits per heavy atom. The first-order chi connectivity index (χ1) is 7.54. The SMILES string of the molecule is COCC(C)Oc1cc(C)ncc1C(C)C. The van der Waals surface area contributed by atoms with Gasteiger partial charge in [-0.3, -0.25) is 4.98 Å². The fourth-order valence-electron chi connectivity index (χ4n) is 1.57. The van der Waals surface area contributed by atoms with Gasteiger partial charge in [-0.05, 0) is 19.8 Å². The third-order valence-corrected chi connectivity index (χ3v) is 2.38. The van der Waals surface area contributed by atoms with E-state index in [4.69, 9.17) is 9.47 Å². The minimum atomic E-state index is 0.0595. The third-order valence-electron chi connectivity index (χ3n) is 2.38. The molecule has 1 unspecified atom stereocenters. The first-order valence-corrected chi connectivity index (χ1v) is 5.66. The first kappa shape index (κ1) is 13.0. The molecular weight excluding hydrogens is 202 g/mol. The van der Waals surface area contributed by atoms with E-state index in [1.807, 2.05) is 26.1 Å². The molecule has 0 fully saturated rings. The van der Waals surface area contributed by atoms with Crippen LogP contribution in [-0.2, 0) is 4.74 Å². The zero-order valence-electron chi connectivity index (χ0n) is 10.8. The molecule has 16 heavy (non-hydrogen) atoms. The van der Waals surface area contributed by atoms with Crippen molar-refractivity contribution < 1.29 is 9.47 Å². The van der Waals surface area contributed by atoms with Crippen molar-refractivity contribution in [1.29, 1.82) is 0 Å². The van der Waals surface area contributed by atoms with Crippen molar-refractivity contribution in [3.8, 4) is 5.75 Å². The second kappa shape index (κ2) is 5.85. The summed E-state index contributed by atoms with van der Waals surface area (Å²) in [4.78, 5) is 4.30. The summed E-state index contributed by atoms with van der Waals surface area (Å²) in [5.74, 6) is 1.34. The maximum absolute atomic E-state index is 5.86. The van der Waals surface area contributed by atoms with Gasteiger partial charge in [-0.1, -0.05) is 13.8 Å². The molecule has 0 N–H and O–H groups in total. The molecule has 0 saturated heterocycles. The fourth-order valence-corrected chi connectivity index (χ4v) is 1.57. The van der Waals surface area contributed by atoms with Crippen LogP contribution in [0, 0.1) is 6.92 Å². The summed E-state index contributed by atoms with van der Waals surface area (Å²) in [6, 6.07) is 1.99. The van der Waals surface area contributed by atoms with Gasteiger partial charge in [0.1, 0.15) is 11.9 Å².